The predicted octanol–water partition coefficient (Wildman–Crippen LogP) is 5.04. The molecule has 1 saturated heterocycles. The summed E-state index contributed by atoms with van der Waals surface area (Å²) in [6.07, 6.45) is 3.64. The molecule has 9 heteroatoms. The minimum absolute atomic E-state index is 0.119. The molecule has 186 valence electrons. The zero-order valence-corrected chi connectivity index (χ0v) is 21.3. The molecule has 8 nitrogen and oxygen atoms in total. The van der Waals surface area contributed by atoms with Gasteiger partial charge in [-0.15, -0.1) is 11.8 Å². The van der Waals surface area contributed by atoms with Gasteiger partial charge in [0.2, 0.25) is 0 Å². The summed E-state index contributed by atoms with van der Waals surface area (Å²) in [5.41, 5.74) is 4.79. The Bertz CT molecular complexity index is 1440. The summed E-state index contributed by atoms with van der Waals surface area (Å²) in [6.45, 7) is 11.3. The Morgan fingerprint density at radius 3 is 3.03 bits per heavy atom. The van der Waals surface area contributed by atoms with E-state index in [2.05, 4.69) is 63.1 Å². The van der Waals surface area contributed by atoms with Gasteiger partial charge >= 0.3 is 0 Å². The van der Waals surface area contributed by atoms with E-state index in [0.717, 1.165) is 64.9 Å². The number of rotatable bonds is 8. The van der Waals surface area contributed by atoms with Gasteiger partial charge in [-0.1, -0.05) is 12.1 Å². The van der Waals surface area contributed by atoms with Gasteiger partial charge in [0.1, 0.15) is 5.70 Å². The third-order valence-electron chi connectivity index (χ3n) is 6.34. The van der Waals surface area contributed by atoms with Gasteiger partial charge in [0.15, 0.2) is 0 Å². The van der Waals surface area contributed by atoms with Crippen LogP contribution in [0, 0.1) is 0 Å². The lowest BCUT2D eigenvalue weighted by atomic mass is 9.99. The molecule has 2 aromatic heterocycles. The molecule has 4 aromatic rings. The molecule has 3 N–H and O–H groups in total. The van der Waals surface area contributed by atoms with Crippen molar-refractivity contribution in [3.8, 4) is 11.1 Å². The summed E-state index contributed by atoms with van der Waals surface area (Å²) in [4.78, 5) is 22.7. The molecule has 0 aliphatic carbocycles. The molecule has 0 atom stereocenters. The highest BCUT2D eigenvalue weighted by molar-refractivity contribution is 8.02. The molecule has 36 heavy (non-hydrogen) atoms. The van der Waals surface area contributed by atoms with Gasteiger partial charge < -0.3 is 15.0 Å². The number of hydrogen-bond donors (Lipinski definition) is 3. The van der Waals surface area contributed by atoms with Crippen molar-refractivity contribution in [1.82, 2.24) is 20.1 Å². The average Bonchev–Trinajstić information content (AvgIpc) is 3.53. The first-order chi connectivity index (χ1) is 17.4. The van der Waals surface area contributed by atoms with Crippen LogP contribution in [0.3, 0.4) is 0 Å². The van der Waals surface area contributed by atoms with E-state index in [1.807, 2.05) is 30.5 Å². The summed E-state index contributed by atoms with van der Waals surface area (Å²) in [5.74, 6) is 0.550. The van der Waals surface area contributed by atoms with Crippen molar-refractivity contribution >= 4 is 51.9 Å². The van der Waals surface area contributed by atoms with Crippen LogP contribution in [0.15, 0.2) is 64.9 Å². The number of nitrogens with zero attached hydrogens (tertiary/aromatic N) is 3. The van der Waals surface area contributed by atoms with E-state index >= 15 is 0 Å². The van der Waals surface area contributed by atoms with E-state index in [-0.39, 0.29) is 17.2 Å². The highest BCUT2D eigenvalue weighted by Gasteiger charge is 2.26. The van der Waals surface area contributed by atoms with Gasteiger partial charge in [0.25, 0.3) is 5.91 Å². The van der Waals surface area contributed by atoms with Crippen LogP contribution in [-0.2, 0) is 9.53 Å². The number of aliphatic imine (C=N–C) groups is 1. The van der Waals surface area contributed by atoms with Crippen LogP contribution in [0.1, 0.15) is 13.8 Å². The summed E-state index contributed by atoms with van der Waals surface area (Å²) in [6, 6.07) is 12.2. The van der Waals surface area contributed by atoms with Crippen LogP contribution in [0.25, 0.3) is 32.9 Å². The maximum Gasteiger partial charge on any atom is 0.274 e. The molecule has 2 aromatic carbocycles. The van der Waals surface area contributed by atoms with Gasteiger partial charge in [-0.25, -0.2) is 0 Å². The number of carbonyl (C=O) groups excluding carboxylic acids is 1. The Morgan fingerprint density at radius 2 is 2.19 bits per heavy atom. The van der Waals surface area contributed by atoms with Gasteiger partial charge in [-0.3, -0.25) is 19.8 Å². The first-order valence-corrected chi connectivity index (χ1v) is 13.0. The van der Waals surface area contributed by atoms with Crippen LogP contribution in [0.4, 0.5) is 5.69 Å². The molecule has 0 bridgehead atoms. The fraction of sp³-hybridized carbons (Fsp3) is 0.296. The maximum atomic E-state index is 13.1. The number of aromatic amines is 2. The zero-order chi connectivity index (χ0) is 25.1. The predicted molar refractivity (Wildman–Crippen MR) is 149 cm³/mol. The molecule has 3 heterocycles. The maximum absolute atomic E-state index is 13.1. The van der Waals surface area contributed by atoms with Crippen LogP contribution in [0.2, 0.25) is 0 Å². The van der Waals surface area contributed by atoms with E-state index in [1.54, 1.807) is 23.4 Å². The van der Waals surface area contributed by atoms with Crippen LogP contribution in [0.5, 0.6) is 0 Å². The van der Waals surface area contributed by atoms with Gasteiger partial charge in [-0.05, 0) is 56.0 Å². The minimum atomic E-state index is -0.301. The quantitative estimate of drug-likeness (QED) is 0.178. The topological polar surface area (TPSA) is 98.4 Å². The van der Waals surface area contributed by atoms with Crippen LogP contribution in [-0.4, -0.2) is 70.3 Å². The monoisotopic (exact) mass is 502 g/mol. The zero-order valence-electron chi connectivity index (χ0n) is 20.5. The van der Waals surface area contributed by atoms with Crippen molar-refractivity contribution < 1.29 is 9.53 Å². The second kappa shape index (κ2) is 10.3. The molecular weight excluding hydrogens is 472 g/mol. The van der Waals surface area contributed by atoms with Crippen molar-refractivity contribution in [3.05, 3.63) is 59.9 Å². The normalized spacial score (nSPS) is 16.4. The van der Waals surface area contributed by atoms with E-state index in [9.17, 15) is 4.79 Å². The number of anilines is 1. The smallest absolute Gasteiger partial charge is 0.274 e. The lowest BCUT2D eigenvalue weighted by molar-refractivity contribution is -0.112. The number of benzene rings is 2. The van der Waals surface area contributed by atoms with Crippen molar-refractivity contribution in [2.75, 3.05) is 37.3 Å². The summed E-state index contributed by atoms with van der Waals surface area (Å²) in [5, 5.41) is 14.0. The Morgan fingerprint density at radius 1 is 1.31 bits per heavy atom. The first-order valence-electron chi connectivity index (χ1n) is 11.9. The highest BCUT2D eigenvalue weighted by atomic mass is 32.2. The molecule has 1 aliphatic rings. The average molecular weight is 503 g/mol. The molecule has 0 saturated carbocycles. The van der Waals surface area contributed by atoms with Gasteiger partial charge in [0.05, 0.1) is 29.6 Å². The minimum Gasteiger partial charge on any atom is -0.373 e. The lowest BCUT2D eigenvalue weighted by Crippen LogP contribution is -2.48. The second-order valence-corrected chi connectivity index (χ2v) is 10.4. The van der Waals surface area contributed by atoms with E-state index in [4.69, 9.17) is 4.74 Å². The molecule has 5 rings (SSSR count). The molecule has 0 radical (unpaired) electrons. The third-order valence-corrected chi connectivity index (χ3v) is 7.15. The second-order valence-electron chi connectivity index (χ2n) is 9.47. The van der Waals surface area contributed by atoms with Crippen molar-refractivity contribution in [2.45, 2.75) is 19.4 Å². The Balaban J connectivity index is 1.31. The number of ether oxygens (including phenoxy) is 1. The number of hydrogen-bond acceptors (Lipinski definition) is 6. The fourth-order valence-electron chi connectivity index (χ4n) is 4.62. The lowest BCUT2D eigenvalue weighted by Gasteiger charge is -2.38. The number of H-pyrrole nitrogens is 2. The molecule has 1 amide bonds. The molecule has 0 unspecified atom stereocenters. The Hall–Kier alpha value is -3.40. The van der Waals surface area contributed by atoms with Crippen LogP contribution < -0.4 is 5.32 Å². The Kier molecular flexibility index (Phi) is 6.95. The van der Waals surface area contributed by atoms with Crippen LogP contribution >= 0.6 is 11.8 Å². The summed E-state index contributed by atoms with van der Waals surface area (Å²) >= 11 is 1.57. The fourth-order valence-corrected chi connectivity index (χ4v) is 5.44. The summed E-state index contributed by atoms with van der Waals surface area (Å²) < 4.78 is 5.78. The van der Waals surface area contributed by atoms with Crippen molar-refractivity contribution in [3.63, 3.8) is 0 Å². The SMILES string of the molecule is C=N/C(=C\SCCN1CCOC(C)(C)C1)C(=O)Nc1cc(-c2cccc3[nH]ccc23)cc2[nH]ncc12. The van der Waals surface area contributed by atoms with Crippen molar-refractivity contribution in [1.29, 1.82) is 0 Å². The van der Waals surface area contributed by atoms with Gasteiger partial charge in [-0.2, -0.15) is 5.10 Å². The Labute approximate surface area is 214 Å². The summed E-state index contributed by atoms with van der Waals surface area (Å²) in [7, 11) is 0. The number of fused-ring (bicyclic) bond motifs is 2. The number of aromatic nitrogens is 3. The van der Waals surface area contributed by atoms with Gasteiger partial charge in [0, 0.05) is 53.3 Å². The number of thioether (sulfide) groups is 1. The number of carbonyl (C=O) groups is 1. The third kappa shape index (κ3) is 5.23. The molecular formula is C27H30N6O2S. The van der Waals surface area contributed by atoms with E-state index < -0.39 is 0 Å². The van der Waals surface area contributed by atoms with E-state index in [1.165, 1.54) is 0 Å². The molecule has 0 spiro atoms. The first kappa shape index (κ1) is 24.3. The molecule has 1 fully saturated rings. The largest absolute Gasteiger partial charge is 0.373 e. The number of amides is 1. The number of morpholine rings is 1. The number of nitrogens with one attached hydrogen (secondary N) is 3. The van der Waals surface area contributed by atoms with Crippen molar-refractivity contribution in [2.24, 2.45) is 4.99 Å². The molecule has 1 aliphatic heterocycles. The standard InChI is InChI=1S/C27H30N6O2S/c1-27(2)17-33(9-11-35-27)10-12-36-16-25(28-3)26(34)31-23-13-18(14-24-21(23)15-30-32-24)19-5-4-6-22-20(19)7-8-29-22/h4-8,13-16,29H,3,9-12,17H2,1-2H3,(H,30,32)(H,31,34)/b25-16-. The van der Waals surface area contributed by atoms with E-state index in [0.29, 0.717) is 5.69 Å². The highest BCUT2D eigenvalue weighted by Crippen LogP contribution is 2.34.